The van der Waals surface area contributed by atoms with E-state index in [9.17, 15) is 22.8 Å². The molecule has 2 rings (SSSR count). The Bertz CT molecular complexity index is 692. The van der Waals surface area contributed by atoms with Gasteiger partial charge < -0.3 is 10.3 Å². The van der Waals surface area contributed by atoms with Gasteiger partial charge in [0, 0.05) is 11.9 Å². The third-order valence-corrected chi connectivity index (χ3v) is 2.51. The number of carbonyl (C=O) groups excluding carboxylic acids is 1. The Morgan fingerprint density at radius 1 is 1.15 bits per heavy atom. The normalized spacial score (nSPS) is 11.2. The van der Waals surface area contributed by atoms with Gasteiger partial charge in [-0.15, -0.1) is 0 Å². The molecule has 2 aromatic rings. The molecule has 0 saturated heterocycles. The summed E-state index contributed by atoms with van der Waals surface area (Å²) in [4.78, 5) is 25.5. The highest BCUT2D eigenvalue weighted by atomic mass is 19.4. The van der Waals surface area contributed by atoms with Gasteiger partial charge in [-0.1, -0.05) is 6.07 Å². The third kappa shape index (κ3) is 3.05. The number of halogens is 3. The standard InChI is InChI=1S/C13H9F3N2O2/c14-13(15,16)8-3-1-4-9(7-8)18-12(20)10-5-2-6-17-11(10)19/h1-7H,(H,17,19)(H,18,20). The van der Waals surface area contributed by atoms with Crippen molar-refractivity contribution in [3.63, 3.8) is 0 Å². The zero-order valence-electron chi connectivity index (χ0n) is 9.99. The largest absolute Gasteiger partial charge is 0.416 e. The molecule has 1 aromatic heterocycles. The molecule has 1 amide bonds. The fraction of sp³-hybridized carbons (Fsp3) is 0.0769. The summed E-state index contributed by atoms with van der Waals surface area (Å²) >= 11 is 0. The van der Waals surface area contributed by atoms with E-state index < -0.39 is 23.2 Å². The van der Waals surface area contributed by atoms with Crippen molar-refractivity contribution in [3.8, 4) is 0 Å². The van der Waals surface area contributed by atoms with Crippen molar-refractivity contribution in [1.29, 1.82) is 0 Å². The van der Waals surface area contributed by atoms with Crippen LogP contribution in [0.4, 0.5) is 18.9 Å². The maximum Gasteiger partial charge on any atom is 0.416 e. The highest BCUT2D eigenvalue weighted by Gasteiger charge is 2.30. The van der Waals surface area contributed by atoms with Crippen LogP contribution in [0.3, 0.4) is 0 Å². The topological polar surface area (TPSA) is 62.0 Å². The number of hydrogen-bond donors (Lipinski definition) is 2. The molecule has 0 aliphatic rings. The van der Waals surface area contributed by atoms with Crippen LogP contribution in [-0.4, -0.2) is 10.9 Å². The molecule has 0 bridgehead atoms. The van der Waals surface area contributed by atoms with Gasteiger partial charge in [0.1, 0.15) is 5.56 Å². The van der Waals surface area contributed by atoms with E-state index in [1.54, 1.807) is 0 Å². The molecule has 0 spiro atoms. The number of carbonyl (C=O) groups is 1. The minimum atomic E-state index is -4.50. The fourth-order valence-corrected chi connectivity index (χ4v) is 1.57. The number of alkyl halides is 3. The third-order valence-electron chi connectivity index (χ3n) is 2.51. The Balaban J connectivity index is 2.25. The van der Waals surface area contributed by atoms with E-state index >= 15 is 0 Å². The fourth-order valence-electron chi connectivity index (χ4n) is 1.57. The lowest BCUT2D eigenvalue weighted by Gasteiger charge is -2.09. The molecule has 2 N–H and O–H groups in total. The lowest BCUT2D eigenvalue weighted by molar-refractivity contribution is -0.137. The first kappa shape index (κ1) is 13.9. The quantitative estimate of drug-likeness (QED) is 0.889. The molecular weight excluding hydrogens is 273 g/mol. The van der Waals surface area contributed by atoms with E-state index in [1.165, 1.54) is 30.5 Å². The Kier molecular flexibility index (Phi) is 3.60. The van der Waals surface area contributed by atoms with Crippen LogP contribution >= 0.6 is 0 Å². The highest BCUT2D eigenvalue weighted by molar-refractivity contribution is 6.03. The summed E-state index contributed by atoms with van der Waals surface area (Å²) in [6, 6.07) is 6.90. The summed E-state index contributed by atoms with van der Waals surface area (Å²) in [5.74, 6) is -0.772. The number of benzene rings is 1. The lowest BCUT2D eigenvalue weighted by Crippen LogP contribution is -2.22. The van der Waals surface area contributed by atoms with E-state index in [4.69, 9.17) is 0 Å². The molecule has 0 fully saturated rings. The summed E-state index contributed by atoms with van der Waals surface area (Å²) in [5, 5.41) is 2.25. The predicted molar refractivity (Wildman–Crippen MR) is 66.5 cm³/mol. The SMILES string of the molecule is O=C(Nc1cccc(C(F)(F)F)c1)c1ccc[nH]c1=O. The first-order valence-electron chi connectivity index (χ1n) is 5.54. The number of aromatic amines is 1. The summed E-state index contributed by atoms with van der Waals surface area (Å²) in [6.07, 6.45) is -3.14. The minimum absolute atomic E-state index is 0.0342. The molecule has 1 heterocycles. The van der Waals surface area contributed by atoms with E-state index in [2.05, 4.69) is 10.3 Å². The number of hydrogen-bond acceptors (Lipinski definition) is 2. The lowest BCUT2D eigenvalue weighted by atomic mass is 10.2. The number of rotatable bonds is 2. The maximum absolute atomic E-state index is 12.5. The number of nitrogens with one attached hydrogen (secondary N) is 2. The first-order valence-corrected chi connectivity index (χ1v) is 5.54. The summed E-state index contributed by atoms with van der Waals surface area (Å²) < 4.78 is 37.6. The molecule has 0 aliphatic carbocycles. The Hall–Kier alpha value is -2.57. The molecule has 0 unspecified atom stereocenters. The first-order chi connectivity index (χ1) is 9.38. The molecule has 4 nitrogen and oxygen atoms in total. The van der Waals surface area contributed by atoms with Crippen LogP contribution in [-0.2, 0) is 6.18 Å². The molecule has 0 aliphatic heterocycles. The van der Waals surface area contributed by atoms with Gasteiger partial charge >= 0.3 is 6.18 Å². The van der Waals surface area contributed by atoms with Crippen LogP contribution in [0, 0.1) is 0 Å². The van der Waals surface area contributed by atoms with Gasteiger partial charge in [-0.25, -0.2) is 0 Å². The van der Waals surface area contributed by atoms with Crippen molar-refractivity contribution in [2.75, 3.05) is 5.32 Å². The van der Waals surface area contributed by atoms with Crippen molar-refractivity contribution in [2.45, 2.75) is 6.18 Å². The van der Waals surface area contributed by atoms with Gasteiger partial charge in [0.05, 0.1) is 5.56 Å². The Labute approximate surface area is 111 Å². The van der Waals surface area contributed by atoms with Gasteiger partial charge in [0.25, 0.3) is 11.5 Å². The summed E-state index contributed by atoms with van der Waals surface area (Å²) in [7, 11) is 0. The van der Waals surface area contributed by atoms with Crippen molar-refractivity contribution in [3.05, 3.63) is 64.1 Å². The van der Waals surface area contributed by atoms with Gasteiger partial charge in [-0.2, -0.15) is 13.2 Å². The molecule has 20 heavy (non-hydrogen) atoms. The van der Waals surface area contributed by atoms with E-state index in [1.807, 2.05) is 0 Å². The van der Waals surface area contributed by atoms with E-state index in [0.717, 1.165) is 12.1 Å². The van der Waals surface area contributed by atoms with Crippen molar-refractivity contribution in [1.82, 2.24) is 4.98 Å². The predicted octanol–water partition coefficient (Wildman–Crippen LogP) is 2.65. The monoisotopic (exact) mass is 282 g/mol. The second kappa shape index (κ2) is 5.20. The van der Waals surface area contributed by atoms with Crippen LogP contribution < -0.4 is 10.9 Å². The average Bonchev–Trinajstić information content (AvgIpc) is 2.38. The summed E-state index contributed by atoms with van der Waals surface area (Å²) in [6.45, 7) is 0. The molecule has 104 valence electrons. The van der Waals surface area contributed by atoms with Crippen LogP contribution in [0.25, 0.3) is 0 Å². The molecular formula is C13H9F3N2O2. The molecule has 1 aromatic carbocycles. The maximum atomic E-state index is 12.5. The van der Waals surface area contributed by atoms with E-state index in [-0.39, 0.29) is 11.3 Å². The Morgan fingerprint density at radius 3 is 2.55 bits per heavy atom. The second-order valence-corrected chi connectivity index (χ2v) is 3.95. The van der Waals surface area contributed by atoms with Gasteiger partial charge in [0.15, 0.2) is 0 Å². The number of pyridine rings is 1. The van der Waals surface area contributed by atoms with Crippen LogP contribution in [0.15, 0.2) is 47.4 Å². The zero-order chi connectivity index (χ0) is 14.8. The molecule has 7 heteroatoms. The van der Waals surface area contributed by atoms with Gasteiger partial charge in [-0.3, -0.25) is 9.59 Å². The minimum Gasteiger partial charge on any atom is -0.328 e. The Morgan fingerprint density at radius 2 is 1.90 bits per heavy atom. The number of H-pyrrole nitrogens is 1. The molecule has 0 radical (unpaired) electrons. The molecule has 0 atom stereocenters. The van der Waals surface area contributed by atoms with Crippen LogP contribution in [0.1, 0.15) is 15.9 Å². The molecule has 0 saturated carbocycles. The highest BCUT2D eigenvalue weighted by Crippen LogP contribution is 2.30. The summed E-state index contributed by atoms with van der Waals surface area (Å²) in [5.41, 5.74) is -1.70. The number of aromatic nitrogens is 1. The van der Waals surface area contributed by atoms with Crippen LogP contribution in [0.2, 0.25) is 0 Å². The number of amides is 1. The average molecular weight is 282 g/mol. The second-order valence-electron chi connectivity index (χ2n) is 3.95. The zero-order valence-corrected chi connectivity index (χ0v) is 9.99. The van der Waals surface area contributed by atoms with Gasteiger partial charge in [0.2, 0.25) is 0 Å². The van der Waals surface area contributed by atoms with Crippen molar-refractivity contribution in [2.24, 2.45) is 0 Å². The van der Waals surface area contributed by atoms with E-state index in [0.29, 0.717) is 0 Å². The smallest absolute Gasteiger partial charge is 0.328 e. The van der Waals surface area contributed by atoms with Gasteiger partial charge in [-0.05, 0) is 30.3 Å². The number of anilines is 1. The van der Waals surface area contributed by atoms with Crippen LogP contribution in [0.5, 0.6) is 0 Å². The van der Waals surface area contributed by atoms with Crippen molar-refractivity contribution < 1.29 is 18.0 Å². The van der Waals surface area contributed by atoms with Crippen molar-refractivity contribution >= 4 is 11.6 Å².